The summed E-state index contributed by atoms with van der Waals surface area (Å²) in [5.41, 5.74) is 2.21. The smallest absolute Gasteiger partial charge is 0.170 e. The normalized spacial score (nSPS) is 38.6. The minimum absolute atomic E-state index is 0.0525. The monoisotopic (exact) mass is 210 g/mol. The molecule has 1 aromatic rings. The first kappa shape index (κ1) is 8.74. The molecule has 0 radical (unpaired) electrons. The molecular weight excluding hydrogens is 196 g/mol. The number of benzene rings is 1. The molecule has 0 amide bonds. The van der Waals surface area contributed by atoms with Crippen molar-refractivity contribution in [2.45, 2.75) is 19.3 Å². The predicted molar refractivity (Wildman–Crippen MR) is 62.3 cm³/mol. The molecular formula is C15H14O. The van der Waals surface area contributed by atoms with Gasteiger partial charge in [0, 0.05) is 11.0 Å². The number of rotatable bonds is 0. The Labute approximate surface area is 95.2 Å². The second-order valence-electron chi connectivity index (χ2n) is 5.51. The highest BCUT2D eigenvalue weighted by Gasteiger charge is 2.56. The van der Waals surface area contributed by atoms with Crippen molar-refractivity contribution in [3.05, 3.63) is 47.5 Å². The van der Waals surface area contributed by atoms with Crippen LogP contribution in [-0.2, 0) is 6.42 Å². The summed E-state index contributed by atoms with van der Waals surface area (Å²) >= 11 is 0. The van der Waals surface area contributed by atoms with E-state index in [1.165, 1.54) is 12.0 Å². The standard InChI is InChI=1S/C15H14O/c16-14-13-4-2-1-3-11(13)9-15(14)8-10-5-6-12(15)7-10/h1-6,10,12H,7-9H2. The summed E-state index contributed by atoms with van der Waals surface area (Å²) < 4.78 is 0. The molecule has 0 aromatic heterocycles. The Morgan fingerprint density at radius 1 is 1.19 bits per heavy atom. The van der Waals surface area contributed by atoms with Gasteiger partial charge in [-0.3, -0.25) is 4.79 Å². The van der Waals surface area contributed by atoms with Gasteiger partial charge in [-0.05, 0) is 36.7 Å². The summed E-state index contributed by atoms with van der Waals surface area (Å²) in [6.07, 6.45) is 7.87. The second-order valence-corrected chi connectivity index (χ2v) is 5.51. The molecule has 4 rings (SSSR count). The summed E-state index contributed by atoms with van der Waals surface area (Å²) in [5, 5.41) is 0. The molecule has 80 valence electrons. The molecule has 3 aliphatic carbocycles. The maximum absolute atomic E-state index is 12.6. The van der Waals surface area contributed by atoms with Gasteiger partial charge in [0.15, 0.2) is 5.78 Å². The second kappa shape index (κ2) is 2.65. The van der Waals surface area contributed by atoms with Crippen LogP contribution in [0.25, 0.3) is 0 Å². The zero-order valence-electron chi connectivity index (χ0n) is 9.15. The molecule has 3 atom stereocenters. The van der Waals surface area contributed by atoms with E-state index < -0.39 is 0 Å². The molecule has 0 N–H and O–H groups in total. The van der Waals surface area contributed by atoms with Crippen LogP contribution in [0.5, 0.6) is 0 Å². The first-order valence-electron chi connectivity index (χ1n) is 6.11. The van der Waals surface area contributed by atoms with E-state index >= 15 is 0 Å². The zero-order chi connectivity index (χ0) is 10.8. The molecule has 2 bridgehead atoms. The number of carbonyl (C=O) groups excluding carboxylic acids is 1. The maximum Gasteiger partial charge on any atom is 0.170 e. The van der Waals surface area contributed by atoms with Crippen LogP contribution >= 0.6 is 0 Å². The number of Topliss-reactive ketones (excluding diaryl/α,β-unsaturated/α-hetero) is 1. The first-order chi connectivity index (χ1) is 7.79. The van der Waals surface area contributed by atoms with Crippen molar-refractivity contribution >= 4 is 5.78 Å². The maximum atomic E-state index is 12.6. The van der Waals surface area contributed by atoms with Crippen LogP contribution in [0.1, 0.15) is 28.8 Å². The van der Waals surface area contributed by atoms with E-state index in [2.05, 4.69) is 18.2 Å². The van der Waals surface area contributed by atoms with Crippen molar-refractivity contribution in [3.8, 4) is 0 Å². The average molecular weight is 210 g/mol. The largest absolute Gasteiger partial charge is 0.294 e. The summed E-state index contributed by atoms with van der Waals surface area (Å²) in [6.45, 7) is 0. The van der Waals surface area contributed by atoms with Gasteiger partial charge >= 0.3 is 0 Å². The van der Waals surface area contributed by atoms with E-state index in [0.29, 0.717) is 17.6 Å². The molecule has 0 saturated heterocycles. The van der Waals surface area contributed by atoms with Crippen molar-refractivity contribution in [3.63, 3.8) is 0 Å². The Hall–Kier alpha value is -1.37. The van der Waals surface area contributed by atoms with Gasteiger partial charge in [-0.2, -0.15) is 0 Å². The number of allylic oxidation sites excluding steroid dienone is 2. The summed E-state index contributed by atoms with van der Waals surface area (Å²) in [6, 6.07) is 8.16. The predicted octanol–water partition coefficient (Wildman–Crippen LogP) is 3.01. The van der Waals surface area contributed by atoms with Gasteiger partial charge in [0.1, 0.15) is 0 Å². The average Bonchev–Trinajstić information content (AvgIpc) is 2.95. The van der Waals surface area contributed by atoms with E-state index in [0.717, 1.165) is 18.4 Å². The number of hydrogen-bond acceptors (Lipinski definition) is 1. The highest BCUT2D eigenvalue weighted by atomic mass is 16.1. The summed E-state index contributed by atoms with van der Waals surface area (Å²) in [7, 11) is 0. The molecule has 1 nitrogen and oxygen atoms in total. The van der Waals surface area contributed by atoms with Crippen molar-refractivity contribution < 1.29 is 4.79 Å². The molecule has 1 fully saturated rings. The van der Waals surface area contributed by atoms with Crippen LogP contribution in [0.3, 0.4) is 0 Å². The van der Waals surface area contributed by atoms with Crippen LogP contribution in [0.15, 0.2) is 36.4 Å². The minimum Gasteiger partial charge on any atom is -0.294 e. The molecule has 1 heteroatoms. The fourth-order valence-corrected chi connectivity index (χ4v) is 4.00. The van der Waals surface area contributed by atoms with Gasteiger partial charge in [0.05, 0.1) is 0 Å². The Balaban J connectivity index is 1.86. The third-order valence-corrected chi connectivity index (χ3v) is 4.73. The quantitative estimate of drug-likeness (QED) is 0.601. The Morgan fingerprint density at radius 3 is 2.75 bits per heavy atom. The SMILES string of the molecule is O=C1c2ccccc2CC12CC1C=CC2C1. The van der Waals surface area contributed by atoms with Gasteiger partial charge in [-0.1, -0.05) is 36.4 Å². The fourth-order valence-electron chi connectivity index (χ4n) is 4.00. The van der Waals surface area contributed by atoms with E-state index in [-0.39, 0.29) is 5.41 Å². The van der Waals surface area contributed by atoms with Crippen LogP contribution in [0.4, 0.5) is 0 Å². The van der Waals surface area contributed by atoms with E-state index in [1.807, 2.05) is 18.2 Å². The number of hydrogen-bond donors (Lipinski definition) is 0. The van der Waals surface area contributed by atoms with Crippen LogP contribution in [0.2, 0.25) is 0 Å². The minimum atomic E-state index is -0.0525. The number of carbonyl (C=O) groups is 1. The lowest BCUT2D eigenvalue weighted by Gasteiger charge is -2.28. The lowest BCUT2D eigenvalue weighted by atomic mass is 9.72. The molecule has 1 saturated carbocycles. The highest BCUT2D eigenvalue weighted by Crippen LogP contribution is 2.58. The topological polar surface area (TPSA) is 17.1 Å². The van der Waals surface area contributed by atoms with Crippen LogP contribution in [-0.4, -0.2) is 5.78 Å². The number of fused-ring (bicyclic) bond motifs is 4. The molecule has 1 spiro atoms. The molecule has 0 aliphatic heterocycles. The Bertz CT molecular complexity index is 514. The lowest BCUT2D eigenvalue weighted by molar-refractivity contribution is 0.0776. The first-order valence-corrected chi connectivity index (χ1v) is 6.11. The van der Waals surface area contributed by atoms with Crippen molar-refractivity contribution in [1.29, 1.82) is 0 Å². The summed E-state index contributed by atoms with van der Waals surface area (Å²) in [4.78, 5) is 12.6. The van der Waals surface area contributed by atoms with Crippen molar-refractivity contribution in [2.75, 3.05) is 0 Å². The Kier molecular flexibility index (Phi) is 1.45. The number of ketones is 1. The van der Waals surface area contributed by atoms with Gasteiger partial charge in [-0.15, -0.1) is 0 Å². The summed E-state index contributed by atoms with van der Waals surface area (Å²) in [5.74, 6) is 1.60. The molecule has 0 heterocycles. The molecule has 1 aromatic carbocycles. The van der Waals surface area contributed by atoms with Crippen LogP contribution < -0.4 is 0 Å². The molecule has 16 heavy (non-hydrogen) atoms. The molecule has 3 aliphatic rings. The van der Waals surface area contributed by atoms with E-state index in [9.17, 15) is 4.79 Å². The van der Waals surface area contributed by atoms with Gasteiger partial charge in [0.2, 0.25) is 0 Å². The fraction of sp³-hybridized carbons (Fsp3) is 0.400. The third kappa shape index (κ3) is 0.858. The van der Waals surface area contributed by atoms with E-state index in [1.54, 1.807) is 0 Å². The lowest BCUT2D eigenvalue weighted by Crippen LogP contribution is -2.32. The van der Waals surface area contributed by atoms with Crippen LogP contribution in [0, 0.1) is 17.3 Å². The Morgan fingerprint density at radius 2 is 2.06 bits per heavy atom. The third-order valence-electron chi connectivity index (χ3n) is 4.73. The highest BCUT2D eigenvalue weighted by molar-refractivity contribution is 6.05. The van der Waals surface area contributed by atoms with Gasteiger partial charge < -0.3 is 0 Å². The van der Waals surface area contributed by atoms with Crippen molar-refractivity contribution in [2.24, 2.45) is 17.3 Å². The molecule has 3 unspecified atom stereocenters. The van der Waals surface area contributed by atoms with Crippen molar-refractivity contribution in [1.82, 2.24) is 0 Å². The van der Waals surface area contributed by atoms with Gasteiger partial charge in [0.25, 0.3) is 0 Å². The zero-order valence-corrected chi connectivity index (χ0v) is 9.15. The van der Waals surface area contributed by atoms with E-state index in [4.69, 9.17) is 0 Å². The van der Waals surface area contributed by atoms with Gasteiger partial charge in [-0.25, -0.2) is 0 Å².